The molecule has 3 aromatic rings. The third-order valence-corrected chi connectivity index (χ3v) is 3.27. The van der Waals surface area contributed by atoms with Gasteiger partial charge in [0, 0.05) is 6.54 Å². The Balaban J connectivity index is 0.00000161. The van der Waals surface area contributed by atoms with E-state index in [2.05, 4.69) is 53.8 Å². The molecule has 0 aliphatic rings. The Morgan fingerprint density at radius 3 is 2.10 bits per heavy atom. The van der Waals surface area contributed by atoms with Crippen LogP contribution in [-0.4, -0.2) is 0 Å². The highest BCUT2D eigenvalue weighted by atomic mass is 35.5. The van der Waals surface area contributed by atoms with Gasteiger partial charge in [0.1, 0.15) is 5.76 Å². The summed E-state index contributed by atoms with van der Waals surface area (Å²) in [6.07, 6.45) is 1.70. The van der Waals surface area contributed by atoms with E-state index in [9.17, 15) is 0 Å². The fourth-order valence-corrected chi connectivity index (χ4v) is 2.19. The molecule has 0 bridgehead atoms. The van der Waals surface area contributed by atoms with E-state index in [1.165, 1.54) is 16.7 Å². The first kappa shape index (κ1) is 15.4. The molecule has 0 spiro atoms. The topological polar surface area (TPSA) is 25.2 Å². The van der Waals surface area contributed by atoms with Gasteiger partial charge < -0.3 is 9.73 Å². The molecule has 2 aromatic carbocycles. The second-order valence-corrected chi connectivity index (χ2v) is 4.75. The molecular formula is C18H18ClNO. The van der Waals surface area contributed by atoms with Crippen LogP contribution in [0.25, 0.3) is 11.1 Å². The molecule has 21 heavy (non-hydrogen) atoms. The van der Waals surface area contributed by atoms with Crippen molar-refractivity contribution in [1.82, 2.24) is 5.32 Å². The maximum absolute atomic E-state index is 5.29. The van der Waals surface area contributed by atoms with Crippen molar-refractivity contribution in [2.24, 2.45) is 0 Å². The largest absolute Gasteiger partial charge is 0.468 e. The molecule has 0 amide bonds. The van der Waals surface area contributed by atoms with Gasteiger partial charge >= 0.3 is 0 Å². The second-order valence-electron chi connectivity index (χ2n) is 4.75. The van der Waals surface area contributed by atoms with Gasteiger partial charge in [0.15, 0.2) is 0 Å². The SMILES string of the molecule is Cl.c1ccc(-c2ccc(CNCc3ccco3)cc2)cc1. The van der Waals surface area contributed by atoms with Gasteiger partial charge in [-0.3, -0.25) is 0 Å². The quantitative estimate of drug-likeness (QED) is 0.741. The van der Waals surface area contributed by atoms with E-state index in [0.717, 1.165) is 18.8 Å². The van der Waals surface area contributed by atoms with E-state index in [1.54, 1.807) is 6.26 Å². The Labute approximate surface area is 131 Å². The molecule has 0 aliphatic heterocycles. The van der Waals surface area contributed by atoms with Crippen molar-refractivity contribution >= 4 is 12.4 Å². The highest BCUT2D eigenvalue weighted by molar-refractivity contribution is 5.85. The highest BCUT2D eigenvalue weighted by Gasteiger charge is 1.98. The Bertz CT molecular complexity index is 633. The van der Waals surface area contributed by atoms with E-state index in [1.807, 2.05) is 18.2 Å². The molecule has 1 aromatic heterocycles. The minimum atomic E-state index is 0. The molecule has 0 saturated heterocycles. The number of hydrogen-bond donors (Lipinski definition) is 1. The third kappa shape index (κ3) is 4.22. The molecule has 0 radical (unpaired) electrons. The Morgan fingerprint density at radius 2 is 1.43 bits per heavy atom. The van der Waals surface area contributed by atoms with Crippen molar-refractivity contribution in [3.63, 3.8) is 0 Å². The van der Waals surface area contributed by atoms with Gasteiger partial charge in [0.2, 0.25) is 0 Å². The van der Waals surface area contributed by atoms with Gasteiger partial charge in [-0.05, 0) is 28.8 Å². The monoisotopic (exact) mass is 299 g/mol. The van der Waals surface area contributed by atoms with Crippen molar-refractivity contribution in [2.45, 2.75) is 13.1 Å². The third-order valence-electron chi connectivity index (χ3n) is 3.27. The number of hydrogen-bond acceptors (Lipinski definition) is 2. The summed E-state index contributed by atoms with van der Waals surface area (Å²) in [5.41, 5.74) is 3.78. The standard InChI is InChI=1S/C18H17NO.ClH/c1-2-5-16(6-3-1)17-10-8-15(9-11-17)13-19-14-18-7-4-12-20-18;/h1-12,19H,13-14H2;1H. The van der Waals surface area contributed by atoms with Crippen LogP contribution in [0.1, 0.15) is 11.3 Å². The summed E-state index contributed by atoms with van der Waals surface area (Å²) in [7, 11) is 0. The molecule has 108 valence electrons. The normalized spacial score (nSPS) is 10.1. The minimum Gasteiger partial charge on any atom is -0.468 e. The Hall–Kier alpha value is -2.03. The van der Waals surface area contributed by atoms with Crippen LogP contribution in [0.5, 0.6) is 0 Å². The number of furan rings is 1. The summed E-state index contributed by atoms with van der Waals surface area (Å²) < 4.78 is 5.29. The van der Waals surface area contributed by atoms with Crippen LogP contribution in [-0.2, 0) is 13.1 Å². The van der Waals surface area contributed by atoms with Crippen LogP contribution in [0, 0.1) is 0 Å². The molecule has 0 fully saturated rings. The van der Waals surface area contributed by atoms with Gasteiger partial charge in [0.05, 0.1) is 12.8 Å². The molecule has 3 heteroatoms. The Kier molecular flexibility index (Phi) is 5.61. The maximum atomic E-state index is 5.29. The van der Waals surface area contributed by atoms with Crippen molar-refractivity contribution in [1.29, 1.82) is 0 Å². The lowest BCUT2D eigenvalue weighted by atomic mass is 10.0. The van der Waals surface area contributed by atoms with Crippen LogP contribution >= 0.6 is 12.4 Å². The first-order chi connectivity index (χ1) is 9.92. The van der Waals surface area contributed by atoms with E-state index in [-0.39, 0.29) is 12.4 Å². The zero-order valence-electron chi connectivity index (χ0n) is 11.7. The number of halogens is 1. The van der Waals surface area contributed by atoms with Gasteiger partial charge in [-0.25, -0.2) is 0 Å². The summed E-state index contributed by atoms with van der Waals surface area (Å²) in [6.45, 7) is 1.60. The smallest absolute Gasteiger partial charge is 0.117 e. The molecule has 1 N–H and O–H groups in total. The first-order valence-electron chi connectivity index (χ1n) is 6.79. The molecule has 3 rings (SSSR count). The van der Waals surface area contributed by atoms with E-state index in [4.69, 9.17) is 4.42 Å². The minimum absolute atomic E-state index is 0. The molecule has 2 nitrogen and oxygen atoms in total. The number of nitrogens with one attached hydrogen (secondary N) is 1. The summed E-state index contributed by atoms with van der Waals surface area (Å²) in [6, 6.07) is 23.0. The fraction of sp³-hybridized carbons (Fsp3) is 0.111. The van der Waals surface area contributed by atoms with Gasteiger partial charge in [0.25, 0.3) is 0 Å². The second kappa shape index (κ2) is 7.67. The van der Waals surface area contributed by atoms with Crippen molar-refractivity contribution < 1.29 is 4.42 Å². The molecule has 0 atom stereocenters. The van der Waals surface area contributed by atoms with E-state index in [0.29, 0.717) is 0 Å². The van der Waals surface area contributed by atoms with E-state index >= 15 is 0 Å². The van der Waals surface area contributed by atoms with Crippen molar-refractivity contribution in [2.75, 3.05) is 0 Å². The van der Waals surface area contributed by atoms with E-state index < -0.39 is 0 Å². The van der Waals surface area contributed by atoms with Crippen molar-refractivity contribution in [3.8, 4) is 11.1 Å². The maximum Gasteiger partial charge on any atom is 0.117 e. The summed E-state index contributed by atoms with van der Waals surface area (Å²) >= 11 is 0. The number of benzene rings is 2. The van der Waals surface area contributed by atoms with Crippen LogP contribution in [0.4, 0.5) is 0 Å². The summed E-state index contributed by atoms with van der Waals surface area (Å²) in [5.74, 6) is 0.964. The average molecular weight is 300 g/mol. The lowest BCUT2D eigenvalue weighted by molar-refractivity contribution is 0.483. The molecule has 0 aliphatic carbocycles. The predicted molar refractivity (Wildman–Crippen MR) is 88.4 cm³/mol. The van der Waals surface area contributed by atoms with Crippen LogP contribution in [0.15, 0.2) is 77.4 Å². The molecule has 1 heterocycles. The first-order valence-corrected chi connectivity index (χ1v) is 6.79. The summed E-state index contributed by atoms with van der Waals surface area (Å²) in [5, 5.41) is 3.37. The highest BCUT2D eigenvalue weighted by Crippen LogP contribution is 2.19. The lowest BCUT2D eigenvalue weighted by Gasteiger charge is -2.05. The van der Waals surface area contributed by atoms with Crippen molar-refractivity contribution in [3.05, 3.63) is 84.3 Å². The van der Waals surface area contributed by atoms with Gasteiger partial charge in [-0.2, -0.15) is 0 Å². The van der Waals surface area contributed by atoms with Gasteiger partial charge in [-0.15, -0.1) is 12.4 Å². The Morgan fingerprint density at radius 1 is 0.714 bits per heavy atom. The van der Waals surface area contributed by atoms with Crippen LogP contribution in [0.2, 0.25) is 0 Å². The number of rotatable bonds is 5. The zero-order chi connectivity index (χ0) is 13.6. The fourth-order valence-electron chi connectivity index (χ4n) is 2.19. The molecule has 0 unspecified atom stereocenters. The zero-order valence-corrected chi connectivity index (χ0v) is 12.5. The van der Waals surface area contributed by atoms with Crippen LogP contribution in [0.3, 0.4) is 0 Å². The van der Waals surface area contributed by atoms with Gasteiger partial charge in [-0.1, -0.05) is 54.6 Å². The van der Waals surface area contributed by atoms with Crippen LogP contribution < -0.4 is 5.32 Å². The molecule has 0 saturated carbocycles. The predicted octanol–water partition coefficient (Wildman–Crippen LogP) is 4.66. The molecular weight excluding hydrogens is 282 g/mol. The summed E-state index contributed by atoms with van der Waals surface area (Å²) in [4.78, 5) is 0. The lowest BCUT2D eigenvalue weighted by Crippen LogP contribution is -2.11. The average Bonchev–Trinajstić information content (AvgIpc) is 3.02.